The predicted octanol–water partition coefficient (Wildman–Crippen LogP) is 7.48. The number of fused-ring (bicyclic) bond motifs is 3. The molecule has 4 atom stereocenters. The van der Waals surface area contributed by atoms with E-state index in [0.29, 0.717) is 19.5 Å². The molecule has 0 saturated carbocycles. The molecular weight excluding hydrogens is 743 g/mol. The lowest BCUT2D eigenvalue weighted by Gasteiger charge is -2.37. The van der Waals surface area contributed by atoms with Crippen molar-refractivity contribution in [2.45, 2.75) is 69.6 Å². The van der Waals surface area contributed by atoms with E-state index in [-0.39, 0.29) is 48.8 Å². The van der Waals surface area contributed by atoms with Crippen LogP contribution in [0, 0.1) is 5.92 Å². The zero-order valence-electron chi connectivity index (χ0n) is 33.6. The average Bonchev–Trinajstić information content (AvgIpc) is 3.67. The van der Waals surface area contributed by atoms with Gasteiger partial charge in [-0.15, -0.1) is 0 Å². The van der Waals surface area contributed by atoms with Crippen LogP contribution in [0.25, 0.3) is 0 Å². The molecule has 0 bridgehead atoms. The number of hydrogen-bond acceptors (Lipinski definition) is 6. The Bertz CT molecular complexity index is 2300. The van der Waals surface area contributed by atoms with Gasteiger partial charge in [-0.3, -0.25) is 19.3 Å². The van der Waals surface area contributed by atoms with Crippen molar-refractivity contribution in [1.29, 1.82) is 0 Å². The second-order valence-corrected chi connectivity index (χ2v) is 21.0. The number of para-hydroxylation sites is 2. The standard InChI is InChI=1S/C48H51N3O6Si/c1-33-46(58(3,4)39-25-23-38(56-2)24-26-39)43(30-45(54)49(28-29-52)31-34-12-6-5-7-13-34)57-48(33)40-15-9-11-17-42(40)50(47(48)55)32-35-18-21-37(22-19-35)51-41-16-10-8-14-36(41)20-27-44(51)53/h5-19,21-26,33,43,46,52H,20,27-32H2,1-4H3/t33-,43+,46-,48+/m1/s1. The van der Waals surface area contributed by atoms with Crippen LogP contribution in [0.1, 0.15) is 42.0 Å². The van der Waals surface area contributed by atoms with Crippen LogP contribution in [0.4, 0.5) is 17.1 Å². The Kier molecular flexibility index (Phi) is 10.8. The first-order chi connectivity index (χ1) is 28.1. The van der Waals surface area contributed by atoms with Gasteiger partial charge in [0.1, 0.15) is 5.75 Å². The third-order valence-electron chi connectivity index (χ3n) is 12.7. The fourth-order valence-electron chi connectivity index (χ4n) is 9.79. The number of carbonyl (C=O) groups is 3. The molecule has 1 spiro atoms. The minimum absolute atomic E-state index is 0.0626. The molecule has 298 valence electrons. The molecule has 3 aliphatic rings. The molecule has 1 fully saturated rings. The maximum absolute atomic E-state index is 15.3. The summed E-state index contributed by atoms with van der Waals surface area (Å²) in [5.74, 6) is 0.292. The van der Waals surface area contributed by atoms with Gasteiger partial charge in [0.05, 0.1) is 52.2 Å². The molecule has 1 N–H and O–H groups in total. The van der Waals surface area contributed by atoms with E-state index in [1.807, 2.05) is 114 Å². The zero-order valence-corrected chi connectivity index (χ0v) is 34.6. The van der Waals surface area contributed by atoms with Gasteiger partial charge in [0, 0.05) is 36.7 Å². The van der Waals surface area contributed by atoms with E-state index in [2.05, 4.69) is 38.2 Å². The summed E-state index contributed by atoms with van der Waals surface area (Å²) in [6, 6.07) is 41.8. The van der Waals surface area contributed by atoms with Crippen LogP contribution in [0.5, 0.6) is 5.75 Å². The van der Waals surface area contributed by atoms with Gasteiger partial charge in [0.25, 0.3) is 5.91 Å². The Balaban J connectivity index is 1.13. The lowest BCUT2D eigenvalue weighted by Crippen LogP contribution is -2.52. The van der Waals surface area contributed by atoms with Crippen LogP contribution in [0.3, 0.4) is 0 Å². The zero-order chi connectivity index (χ0) is 40.6. The Morgan fingerprint density at radius 3 is 2.22 bits per heavy atom. The molecule has 0 aromatic heterocycles. The molecule has 8 rings (SSSR count). The van der Waals surface area contributed by atoms with Crippen LogP contribution in [0.2, 0.25) is 18.6 Å². The van der Waals surface area contributed by atoms with Gasteiger partial charge in [-0.1, -0.05) is 116 Å². The lowest BCUT2D eigenvalue weighted by atomic mass is 9.82. The molecule has 0 aliphatic carbocycles. The summed E-state index contributed by atoms with van der Waals surface area (Å²) in [5.41, 5.74) is 4.92. The van der Waals surface area contributed by atoms with Crippen molar-refractivity contribution in [3.8, 4) is 5.75 Å². The first-order valence-electron chi connectivity index (χ1n) is 20.2. The van der Waals surface area contributed by atoms with Crippen molar-refractivity contribution in [1.82, 2.24) is 4.90 Å². The highest BCUT2D eigenvalue weighted by atomic mass is 28.3. The fraction of sp³-hybridized carbons (Fsp3) is 0.312. The molecule has 5 aromatic rings. The van der Waals surface area contributed by atoms with E-state index < -0.39 is 19.8 Å². The first-order valence-corrected chi connectivity index (χ1v) is 23.3. The number of anilines is 3. The van der Waals surface area contributed by atoms with Gasteiger partial charge in [-0.25, -0.2) is 0 Å². The van der Waals surface area contributed by atoms with Crippen molar-refractivity contribution in [3.63, 3.8) is 0 Å². The SMILES string of the molecule is COc1ccc([Si](C)(C)[C@H]2[C@H](CC(=O)N(CCO)Cc3ccccc3)O[C@@]3(C(=O)N(Cc4ccc(N5C(=O)CCc6ccccc65)cc4)c4ccccc43)[C@@H]2C)cc1. The Hall–Kier alpha value is -5.55. The maximum atomic E-state index is 15.3. The molecule has 9 nitrogen and oxygen atoms in total. The number of aliphatic hydroxyl groups is 1. The van der Waals surface area contributed by atoms with Crippen LogP contribution in [-0.4, -0.2) is 62.2 Å². The van der Waals surface area contributed by atoms with Crippen LogP contribution >= 0.6 is 0 Å². The highest BCUT2D eigenvalue weighted by Gasteiger charge is 2.66. The highest BCUT2D eigenvalue weighted by molar-refractivity contribution is 6.91. The minimum Gasteiger partial charge on any atom is -0.497 e. The van der Waals surface area contributed by atoms with Gasteiger partial charge in [-0.2, -0.15) is 0 Å². The number of benzene rings is 5. The van der Waals surface area contributed by atoms with Crippen molar-refractivity contribution in [2.75, 3.05) is 30.1 Å². The number of rotatable bonds is 12. The smallest absolute Gasteiger partial charge is 0.264 e. The second-order valence-electron chi connectivity index (χ2n) is 16.3. The summed E-state index contributed by atoms with van der Waals surface area (Å²) in [6.45, 7) is 7.45. The number of ether oxygens (including phenoxy) is 2. The van der Waals surface area contributed by atoms with Crippen molar-refractivity contribution in [3.05, 3.63) is 150 Å². The molecule has 10 heteroatoms. The number of amides is 3. The van der Waals surface area contributed by atoms with E-state index >= 15 is 4.79 Å². The van der Waals surface area contributed by atoms with E-state index in [0.717, 1.165) is 51.5 Å². The largest absolute Gasteiger partial charge is 0.497 e. The van der Waals surface area contributed by atoms with Crippen LogP contribution in [0.15, 0.2) is 127 Å². The minimum atomic E-state index is -2.50. The lowest BCUT2D eigenvalue weighted by molar-refractivity contribution is -0.150. The van der Waals surface area contributed by atoms with E-state index in [1.54, 1.807) is 16.9 Å². The highest BCUT2D eigenvalue weighted by Crippen LogP contribution is 2.60. The van der Waals surface area contributed by atoms with E-state index in [4.69, 9.17) is 9.47 Å². The molecule has 3 amide bonds. The number of nitrogens with zero attached hydrogens (tertiary/aromatic N) is 3. The van der Waals surface area contributed by atoms with E-state index in [1.165, 1.54) is 5.19 Å². The topological polar surface area (TPSA) is 99.6 Å². The third kappa shape index (κ3) is 6.93. The molecule has 1 saturated heterocycles. The number of hydrogen-bond donors (Lipinski definition) is 1. The molecule has 0 radical (unpaired) electrons. The summed E-state index contributed by atoms with van der Waals surface area (Å²) in [5, 5.41) is 11.2. The Labute approximate surface area is 341 Å². The molecule has 0 unspecified atom stereocenters. The Morgan fingerprint density at radius 2 is 1.52 bits per heavy atom. The monoisotopic (exact) mass is 793 g/mol. The average molecular weight is 794 g/mol. The second kappa shape index (κ2) is 16.0. The fourth-order valence-corrected chi connectivity index (χ4v) is 13.8. The Morgan fingerprint density at radius 1 is 0.845 bits per heavy atom. The summed E-state index contributed by atoms with van der Waals surface area (Å²) in [4.78, 5) is 48.2. The number of aliphatic hydroxyl groups excluding tert-OH is 1. The molecule has 5 aromatic carbocycles. The summed E-state index contributed by atoms with van der Waals surface area (Å²) in [6.07, 6.45) is 0.693. The third-order valence-corrected chi connectivity index (χ3v) is 17.0. The van der Waals surface area contributed by atoms with E-state index in [9.17, 15) is 14.7 Å². The summed E-state index contributed by atoms with van der Waals surface area (Å²) >= 11 is 0. The molecule has 58 heavy (non-hydrogen) atoms. The predicted molar refractivity (Wildman–Crippen MR) is 229 cm³/mol. The molecular formula is C48H51N3O6Si. The number of carbonyl (C=O) groups excluding carboxylic acids is 3. The van der Waals surface area contributed by atoms with Crippen LogP contribution in [-0.2, 0) is 44.2 Å². The quantitative estimate of drug-likeness (QED) is 0.132. The van der Waals surface area contributed by atoms with Crippen molar-refractivity contribution in [2.24, 2.45) is 5.92 Å². The van der Waals surface area contributed by atoms with Gasteiger partial charge in [0.15, 0.2) is 5.60 Å². The summed E-state index contributed by atoms with van der Waals surface area (Å²) < 4.78 is 12.8. The normalized spacial score (nSPS) is 21.3. The number of methoxy groups -OCH3 is 1. The van der Waals surface area contributed by atoms with Gasteiger partial charge >= 0.3 is 0 Å². The van der Waals surface area contributed by atoms with Gasteiger partial charge < -0.3 is 24.4 Å². The maximum Gasteiger partial charge on any atom is 0.264 e. The first kappa shape index (κ1) is 39.3. The molecule has 3 heterocycles. The van der Waals surface area contributed by atoms with Crippen LogP contribution < -0.4 is 19.7 Å². The van der Waals surface area contributed by atoms with Crippen molar-refractivity contribution >= 4 is 48.0 Å². The number of aryl methyl sites for hydroxylation is 1. The molecule has 3 aliphatic heterocycles. The van der Waals surface area contributed by atoms with Gasteiger partial charge in [-0.05, 0) is 65.1 Å². The summed E-state index contributed by atoms with van der Waals surface area (Å²) in [7, 11) is -0.846. The van der Waals surface area contributed by atoms with Crippen molar-refractivity contribution < 1.29 is 29.0 Å². The van der Waals surface area contributed by atoms with Gasteiger partial charge in [0.2, 0.25) is 11.8 Å².